The van der Waals surface area contributed by atoms with Gasteiger partial charge < -0.3 is 14.7 Å². The molecule has 0 spiro atoms. The van der Waals surface area contributed by atoms with E-state index in [1.54, 1.807) is 31.4 Å². The van der Waals surface area contributed by atoms with Crippen LogP contribution in [0.5, 0.6) is 5.75 Å². The normalized spacial score (nSPS) is 21.5. The first-order chi connectivity index (χ1) is 11.7. The second-order valence-electron chi connectivity index (χ2n) is 6.38. The average molecular weight is 350 g/mol. The molecule has 1 N–H and O–H groups in total. The highest BCUT2D eigenvalue weighted by Gasteiger charge is 2.30. The lowest BCUT2D eigenvalue weighted by molar-refractivity contribution is -0.142. The van der Waals surface area contributed by atoms with Crippen molar-refractivity contribution in [3.05, 3.63) is 29.8 Å². The maximum absolute atomic E-state index is 12.6. The third kappa shape index (κ3) is 4.05. The van der Waals surface area contributed by atoms with Crippen molar-refractivity contribution in [3.63, 3.8) is 0 Å². The second-order valence-corrected chi connectivity index (χ2v) is 7.61. The summed E-state index contributed by atoms with van der Waals surface area (Å²) in [6.45, 7) is 3.80. The molecule has 3 rings (SSSR count). The summed E-state index contributed by atoms with van der Waals surface area (Å²) >= 11 is 2.02. The standard InChI is InChI=1S/C18H26N2O3S/c1-23-16-4-2-14(3-5-16)17(21)18(22)20-8-6-15(7-9-20)19-10-12-24-13-11-19/h2-5,15,17,21H,6-13H2,1H3. The lowest BCUT2D eigenvalue weighted by Crippen LogP contribution is -2.49. The number of aliphatic hydroxyl groups excluding tert-OH is 1. The molecule has 0 radical (unpaired) electrons. The minimum atomic E-state index is -1.08. The van der Waals surface area contributed by atoms with Crippen LogP contribution in [0.1, 0.15) is 24.5 Å². The number of methoxy groups -OCH3 is 1. The quantitative estimate of drug-likeness (QED) is 0.897. The van der Waals surface area contributed by atoms with E-state index < -0.39 is 6.10 Å². The molecule has 2 aliphatic heterocycles. The Morgan fingerprint density at radius 1 is 1.17 bits per heavy atom. The summed E-state index contributed by atoms with van der Waals surface area (Å²) in [4.78, 5) is 16.9. The van der Waals surface area contributed by atoms with Crippen molar-refractivity contribution in [1.82, 2.24) is 9.80 Å². The molecule has 1 aromatic rings. The Kier molecular flexibility index (Phi) is 6.03. The molecule has 2 fully saturated rings. The fourth-order valence-electron chi connectivity index (χ4n) is 3.50. The van der Waals surface area contributed by atoms with E-state index in [1.165, 1.54) is 11.5 Å². The zero-order valence-electron chi connectivity index (χ0n) is 14.2. The number of ether oxygens (including phenoxy) is 1. The van der Waals surface area contributed by atoms with Gasteiger partial charge in [0.1, 0.15) is 5.75 Å². The number of nitrogens with zero attached hydrogens (tertiary/aromatic N) is 2. The van der Waals surface area contributed by atoms with Crippen LogP contribution in [0, 0.1) is 0 Å². The third-order valence-corrected chi connectivity index (χ3v) is 5.95. The highest BCUT2D eigenvalue weighted by molar-refractivity contribution is 7.99. The smallest absolute Gasteiger partial charge is 0.256 e. The van der Waals surface area contributed by atoms with Crippen LogP contribution >= 0.6 is 11.8 Å². The van der Waals surface area contributed by atoms with E-state index >= 15 is 0 Å². The molecule has 5 nitrogen and oxygen atoms in total. The summed E-state index contributed by atoms with van der Waals surface area (Å²) in [5, 5.41) is 10.4. The Labute approximate surface area is 148 Å². The minimum absolute atomic E-state index is 0.187. The number of likely N-dealkylation sites (tertiary alicyclic amines) is 1. The van der Waals surface area contributed by atoms with Crippen LogP contribution in [-0.4, -0.2) is 71.6 Å². The van der Waals surface area contributed by atoms with Gasteiger partial charge in [-0.2, -0.15) is 11.8 Å². The highest BCUT2D eigenvalue weighted by Crippen LogP contribution is 2.24. The molecule has 24 heavy (non-hydrogen) atoms. The van der Waals surface area contributed by atoms with Crippen LogP contribution in [0.25, 0.3) is 0 Å². The van der Waals surface area contributed by atoms with Gasteiger partial charge in [-0.3, -0.25) is 9.69 Å². The SMILES string of the molecule is COc1ccc(C(O)C(=O)N2CCC(N3CCSCC3)CC2)cc1. The largest absolute Gasteiger partial charge is 0.497 e. The van der Waals surface area contributed by atoms with E-state index in [0.717, 1.165) is 44.8 Å². The Hall–Kier alpha value is -1.24. The molecule has 132 valence electrons. The van der Waals surface area contributed by atoms with Gasteiger partial charge in [0.15, 0.2) is 6.10 Å². The van der Waals surface area contributed by atoms with Crippen LogP contribution in [-0.2, 0) is 4.79 Å². The highest BCUT2D eigenvalue weighted by atomic mass is 32.2. The molecule has 0 aromatic heterocycles. The van der Waals surface area contributed by atoms with Crippen molar-refractivity contribution in [2.75, 3.05) is 44.8 Å². The number of rotatable bonds is 4. The molecule has 2 saturated heterocycles. The second kappa shape index (κ2) is 8.23. The Morgan fingerprint density at radius 3 is 2.38 bits per heavy atom. The summed E-state index contributed by atoms with van der Waals surface area (Å²) in [5.41, 5.74) is 0.621. The minimum Gasteiger partial charge on any atom is -0.497 e. The summed E-state index contributed by atoms with van der Waals surface area (Å²) in [6, 6.07) is 7.63. The summed E-state index contributed by atoms with van der Waals surface area (Å²) in [6.07, 6.45) is 0.927. The van der Waals surface area contributed by atoms with Gasteiger partial charge in [-0.15, -0.1) is 0 Å². The number of hydrogen-bond donors (Lipinski definition) is 1. The number of aliphatic hydroxyl groups is 1. The zero-order chi connectivity index (χ0) is 16.9. The van der Waals surface area contributed by atoms with Crippen molar-refractivity contribution in [1.29, 1.82) is 0 Å². The van der Waals surface area contributed by atoms with E-state index in [-0.39, 0.29) is 5.91 Å². The van der Waals surface area contributed by atoms with E-state index in [1.807, 2.05) is 16.7 Å². The molecule has 1 amide bonds. The molecule has 1 atom stereocenters. The summed E-state index contributed by atoms with van der Waals surface area (Å²) in [7, 11) is 1.60. The number of carbonyl (C=O) groups is 1. The summed E-state index contributed by atoms with van der Waals surface area (Å²) in [5.74, 6) is 2.97. The van der Waals surface area contributed by atoms with E-state index in [0.29, 0.717) is 11.6 Å². The van der Waals surface area contributed by atoms with Crippen LogP contribution in [0.2, 0.25) is 0 Å². The average Bonchev–Trinajstić information content (AvgIpc) is 2.68. The predicted octanol–water partition coefficient (Wildman–Crippen LogP) is 1.77. The van der Waals surface area contributed by atoms with Gasteiger partial charge in [-0.05, 0) is 30.5 Å². The van der Waals surface area contributed by atoms with Crippen LogP contribution in [0.15, 0.2) is 24.3 Å². The first kappa shape index (κ1) is 17.6. The number of benzene rings is 1. The maximum atomic E-state index is 12.6. The van der Waals surface area contributed by atoms with Crippen LogP contribution < -0.4 is 4.74 Å². The third-order valence-electron chi connectivity index (χ3n) is 5.00. The Morgan fingerprint density at radius 2 is 1.79 bits per heavy atom. The van der Waals surface area contributed by atoms with Crippen molar-refractivity contribution < 1.29 is 14.6 Å². The van der Waals surface area contributed by atoms with Gasteiger partial charge in [0, 0.05) is 43.7 Å². The van der Waals surface area contributed by atoms with Gasteiger partial charge in [0.05, 0.1) is 7.11 Å². The van der Waals surface area contributed by atoms with Gasteiger partial charge >= 0.3 is 0 Å². The van der Waals surface area contributed by atoms with Gasteiger partial charge in [-0.1, -0.05) is 12.1 Å². The lowest BCUT2D eigenvalue weighted by Gasteiger charge is -2.40. The molecule has 0 bridgehead atoms. The molecule has 0 saturated carbocycles. The first-order valence-electron chi connectivity index (χ1n) is 8.61. The fraction of sp³-hybridized carbons (Fsp3) is 0.611. The Balaban J connectivity index is 1.53. The summed E-state index contributed by atoms with van der Waals surface area (Å²) < 4.78 is 5.11. The van der Waals surface area contributed by atoms with E-state index in [4.69, 9.17) is 4.74 Å². The molecule has 1 aromatic carbocycles. The monoisotopic (exact) mass is 350 g/mol. The number of hydrogen-bond acceptors (Lipinski definition) is 5. The van der Waals surface area contributed by atoms with Gasteiger partial charge in [-0.25, -0.2) is 0 Å². The van der Waals surface area contributed by atoms with Crippen molar-refractivity contribution >= 4 is 17.7 Å². The zero-order valence-corrected chi connectivity index (χ0v) is 15.0. The van der Waals surface area contributed by atoms with Gasteiger partial charge in [0.25, 0.3) is 5.91 Å². The number of amides is 1. The Bertz CT molecular complexity index is 538. The molecule has 2 aliphatic rings. The predicted molar refractivity (Wildman–Crippen MR) is 96.5 cm³/mol. The molecule has 0 aliphatic carbocycles. The van der Waals surface area contributed by atoms with Crippen molar-refractivity contribution in [3.8, 4) is 5.75 Å². The molecule has 6 heteroatoms. The number of carbonyl (C=O) groups excluding carboxylic acids is 1. The molecular formula is C18H26N2O3S. The topological polar surface area (TPSA) is 53.0 Å². The molecule has 1 unspecified atom stereocenters. The fourth-order valence-corrected chi connectivity index (χ4v) is 4.43. The van der Waals surface area contributed by atoms with Crippen LogP contribution in [0.4, 0.5) is 0 Å². The number of thioether (sulfide) groups is 1. The van der Waals surface area contributed by atoms with E-state index in [2.05, 4.69) is 4.90 Å². The van der Waals surface area contributed by atoms with Crippen molar-refractivity contribution in [2.45, 2.75) is 25.0 Å². The van der Waals surface area contributed by atoms with Crippen LogP contribution in [0.3, 0.4) is 0 Å². The van der Waals surface area contributed by atoms with E-state index in [9.17, 15) is 9.90 Å². The lowest BCUT2D eigenvalue weighted by atomic mass is 10.0. The maximum Gasteiger partial charge on any atom is 0.256 e. The number of piperidine rings is 1. The molecular weight excluding hydrogens is 324 g/mol. The van der Waals surface area contributed by atoms with Crippen molar-refractivity contribution in [2.24, 2.45) is 0 Å². The van der Waals surface area contributed by atoms with Gasteiger partial charge in [0.2, 0.25) is 0 Å². The first-order valence-corrected chi connectivity index (χ1v) is 9.77. The molecule has 2 heterocycles.